The van der Waals surface area contributed by atoms with Crippen molar-refractivity contribution in [3.05, 3.63) is 71.6 Å². The van der Waals surface area contributed by atoms with Gasteiger partial charge in [-0.25, -0.2) is 9.18 Å². The van der Waals surface area contributed by atoms with Gasteiger partial charge in [0.1, 0.15) is 18.2 Å². The summed E-state index contributed by atoms with van der Waals surface area (Å²) < 4.78 is 25.2. The predicted octanol–water partition coefficient (Wildman–Crippen LogP) is 5.57. The number of piperidine rings is 1. The summed E-state index contributed by atoms with van der Waals surface area (Å²) >= 11 is 0. The van der Waals surface area contributed by atoms with E-state index in [1.165, 1.54) is 6.07 Å². The lowest BCUT2D eigenvalue weighted by Crippen LogP contribution is -2.51. The number of benzene rings is 2. The molecular weight excluding hydrogens is 369 g/mol. The monoisotopic (exact) mass is 395 g/mol. The maximum Gasteiger partial charge on any atom is 0.410 e. The summed E-state index contributed by atoms with van der Waals surface area (Å²) in [5, 5.41) is 0. The average Bonchev–Trinajstić information content (AvgIpc) is 2.71. The summed E-state index contributed by atoms with van der Waals surface area (Å²) in [5.74, 6) is 0.236. The number of rotatable bonds is 5. The number of ether oxygens (including phenoxy) is 2. The zero-order valence-corrected chi connectivity index (χ0v) is 16.6. The van der Waals surface area contributed by atoms with Gasteiger partial charge in [-0.15, -0.1) is 0 Å². The van der Waals surface area contributed by atoms with Gasteiger partial charge in [-0.2, -0.15) is 0 Å². The highest BCUT2D eigenvalue weighted by Gasteiger charge is 2.38. The number of carbonyl (C=O) groups is 1. The first-order valence-corrected chi connectivity index (χ1v) is 10.3. The van der Waals surface area contributed by atoms with E-state index in [0.29, 0.717) is 18.8 Å². The maximum absolute atomic E-state index is 14.1. The van der Waals surface area contributed by atoms with Gasteiger partial charge >= 0.3 is 6.09 Å². The molecule has 5 heteroatoms. The van der Waals surface area contributed by atoms with Crippen LogP contribution in [0.4, 0.5) is 9.18 Å². The minimum absolute atomic E-state index is 0.0143. The van der Waals surface area contributed by atoms with Crippen LogP contribution in [-0.4, -0.2) is 29.7 Å². The van der Waals surface area contributed by atoms with Gasteiger partial charge < -0.3 is 9.47 Å². The van der Waals surface area contributed by atoms with Crippen LogP contribution in [0.3, 0.4) is 0 Å². The maximum atomic E-state index is 14.1. The third-order valence-electron chi connectivity index (χ3n) is 5.61. The highest BCUT2D eigenvalue weighted by atomic mass is 19.1. The molecule has 2 aliphatic heterocycles. The summed E-state index contributed by atoms with van der Waals surface area (Å²) in [5.41, 5.74) is 2.89. The van der Waals surface area contributed by atoms with Gasteiger partial charge in [0.25, 0.3) is 0 Å². The third kappa shape index (κ3) is 4.44. The molecule has 0 saturated carbocycles. The van der Waals surface area contributed by atoms with Crippen molar-refractivity contribution in [2.24, 2.45) is 0 Å². The van der Waals surface area contributed by atoms with Crippen molar-refractivity contribution in [2.75, 3.05) is 6.61 Å². The lowest BCUT2D eigenvalue weighted by Gasteiger charge is -2.44. The van der Waals surface area contributed by atoms with Gasteiger partial charge in [0.05, 0.1) is 12.6 Å². The SMILES string of the molecule is CCOc1cc(F)cc(C2=CC3CCCC(C2)N3C(=O)OCc2ccccc2)c1. The van der Waals surface area contributed by atoms with Crippen molar-refractivity contribution in [2.45, 2.75) is 51.3 Å². The summed E-state index contributed by atoms with van der Waals surface area (Å²) in [4.78, 5) is 14.7. The van der Waals surface area contributed by atoms with Gasteiger partial charge in [0, 0.05) is 12.1 Å². The number of carbonyl (C=O) groups excluding carboxylic acids is 1. The average molecular weight is 395 g/mol. The van der Waals surface area contributed by atoms with Crippen LogP contribution in [0.25, 0.3) is 5.57 Å². The van der Waals surface area contributed by atoms with Crippen LogP contribution in [0.5, 0.6) is 5.75 Å². The third-order valence-corrected chi connectivity index (χ3v) is 5.61. The van der Waals surface area contributed by atoms with E-state index in [1.807, 2.05) is 48.2 Å². The van der Waals surface area contributed by atoms with Gasteiger partial charge in [-0.1, -0.05) is 36.4 Å². The molecule has 152 valence electrons. The van der Waals surface area contributed by atoms with Gasteiger partial charge in [-0.3, -0.25) is 4.90 Å². The summed E-state index contributed by atoms with van der Waals surface area (Å²) in [6.45, 7) is 2.65. The molecule has 2 aromatic carbocycles. The summed E-state index contributed by atoms with van der Waals surface area (Å²) in [7, 11) is 0. The van der Waals surface area contributed by atoms with E-state index in [-0.39, 0.29) is 30.6 Å². The predicted molar refractivity (Wildman–Crippen MR) is 110 cm³/mol. The number of halogens is 1. The van der Waals surface area contributed by atoms with E-state index in [9.17, 15) is 9.18 Å². The molecule has 2 aromatic rings. The normalized spacial score (nSPS) is 20.8. The fourth-order valence-corrected chi connectivity index (χ4v) is 4.32. The molecule has 0 aliphatic carbocycles. The molecule has 2 aliphatic rings. The van der Waals surface area contributed by atoms with E-state index < -0.39 is 0 Å². The molecule has 0 spiro atoms. The van der Waals surface area contributed by atoms with E-state index in [0.717, 1.165) is 36.0 Å². The molecule has 1 fully saturated rings. The Morgan fingerprint density at radius 1 is 1.17 bits per heavy atom. The van der Waals surface area contributed by atoms with E-state index in [1.54, 1.807) is 6.07 Å². The lowest BCUT2D eigenvalue weighted by molar-refractivity contribution is 0.0510. The Morgan fingerprint density at radius 2 is 2.00 bits per heavy atom. The Labute approximate surface area is 170 Å². The highest BCUT2D eigenvalue weighted by molar-refractivity contribution is 5.75. The zero-order chi connectivity index (χ0) is 20.2. The van der Waals surface area contributed by atoms with E-state index in [4.69, 9.17) is 9.47 Å². The van der Waals surface area contributed by atoms with Crippen molar-refractivity contribution in [3.8, 4) is 5.75 Å². The molecule has 1 amide bonds. The Bertz CT molecular complexity index is 896. The number of hydrogen-bond donors (Lipinski definition) is 0. The first-order chi connectivity index (χ1) is 14.1. The molecular formula is C24H26FNO3. The fraction of sp³-hybridized carbons (Fsp3) is 0.375. The minimum Gasteiger partial charge on any atom is -0.494 e. The van der Waals surface area contributed by atoms with Crippen LogP contribution in [0.15, 0.2) is 54.6 Å². The van der Waals surface area contributed by atoms with Gasteiger partial charge in [0.15, 0.2) is 0 Å². The van der Waals surface area contributed by atoms with E-state index in [2.05, 4.69) is 6.08 Å². The second-order valence-electron chi connectivity index (χ2n) is 7.60. The Kier molecular flexibility index (Phi) is 5.84. The molecule has 1 saturated heterocycles. The first-order valence-electron chi connectivity index (χ1n) is 10.3. The Hall–Kier alpha value is -2.82. The quantitative estimate of drug-likeness (QED) is 0.664. The van der Waals surface area contributed by atoms with Crippen LogP contribution >= 0.6 is 0 Å². The zero-order valence-electron chi connectivity index (χ0n) is 16.6. The molecule has 2 atom stereocenters. The molecule has 2 heterocycles. The van der Waals surface area contributed by atoms with Crippen LogP contribution in [0.1, 0.15) is 43.7 Å². The standard InChI is InChI=1S/C24H26FNO3/c1-2-28-23-14-18(11-20(25)15-23)19-12-21-9-6-10-22(13-19)26(21)24(27)29-16-17-7-4-3-5-8-17/h3-5,7-8,11-12,14-15,21-22H,2,6,9-10,13,16H2,1H3. The number of amides is 1. The largest absolute Gasteiger partial charge is 0.494 e. The van der Waals surface area contributed by atoms with Crippen LogP contribution in [-0.2, 0) is 11.3 Å². The van der Waals surface area contributed by atoms with E-state index >= 15 is 0 Å². The van der Waals surface area contributed by atoms with Crippen LogP contribution < -0.4 is 4.74 Å². The Balaban J connectivity index is 1.52. The fourth-order valence-electron chi connectivity index (χ4n) is 4.32. The lowest BCUT2D eigenvalue weighted by atomic mass is 9.83. The van der Waals surface area contributed by atoms with Crippen molar-refractivity contribution in [1.82, 2.24) is 4.90 Å². The van der Waals surface area contributed by atoms with Crippen molar-refractivity contribution >= 4 is 11.7 Å². The van der Waals surface area contributed by atoms with Gasteiger partial charge in [0.2, 0.25) is 0 Å². The molecule has 4 rings (SSSR count). The molecule has 0 aromatic heterocycles. The second-order valence-corrected chi connectivity index (χ2v) is 7.60. The summed E-state index contributed by atoms with van der Waals surface area (Å²) in [6, 6.07) is 14.6. The van der Waals surface area contributed by atoms with Gasteiger partial charge in [-0.05, 0) is 61.4 Å². The van der Waals surface area contributed by atoms with Crippen LogP contribution in [0.2, 0.25) is 0 Å². The molecule has 4 nitrogen and oxygen atoms in total. The highest BCUT2D eigenvalue weighted by Crippen LogP contribution is 2.38. The molecule has 29 heavy (non-hydrogen) atoms. The number of hydrogen-bond acceptors (Lipinski definition) is 3. The second kappa shape index (κ2) is 8.68. The first kappa shape index (κ1) is 19.5. The minimum atomic E-state index is -0.304. The van der Waals surface area contributed by atoms with Crippen LogP contribution in [0, 0.1) is 5.82 Å². The molecule has 0 radical (unpaired) electrons. The number of fused-ring (bicyclic) bond motifs is 2. The Morgan fingerprint density at radius 3 is 2.76 bits per heavy atom. The smallest absolute Gasteiger partial charge is 0.410 e. The summed E-state index contributed by atoms with van der Waals surface area (Å²) in [6.07, 6.45) is 5.44. The topological polar surface area (TPSA) is 38.8 Å². The molecule has 2 bridgehead atoms. The molecule has 0 N–H and O–H groups in total. The van der Waals surface area contributed by atoms with Crippen molar-refractivity contribution in [3.63, 3.8) is 0 Å². The number of nitrogens with zero attached hydrogens (tertiary/aromatic N) is 1. The van der Waals surface area contributed by atoms with Crippen molar-refractivity contribution < 1.29 is 18.7 Å². The molecule has 2 unspecified atom stereocenters. The van der Waals surface area contributed by atoms with Crippen molar-refractivity contribution in [1.29, 1.82) is 0 Å².